The second-order valence-electron chi connectivity index (χ2n) is 7.15. The number of anilines is 1. The SMILES string of the molecule is Cc1nc(CN2CCN(c3ncnc4cc(-c5ccc(Cl)cc5)sc34)CC2)cs1. The van der Waals surface area contributed by atoms with E-state index in [9.17, 15) is 0 Å². The van der Waals surface area contributed by atoms with Crippen molar-refractivity contribution in [3.05, 3.63) is 57.8 Å². The first-order valence-corrected chi connectivity index (χ1v) is 11.6. The number of thiazole rings is 1. The molecule has 1 aliphatic heterocycles. The Bertz CT molecular complexity index is 1130. The molecule has 0 unspecified atom stereocenters. The number of thiophene rings is 1. The van der Waals surface area contributed by atoms with Gasteiger partial charge in [0.05, 0.1) is 20.9 Å². The van der Waals surface area contributed by atoms with Crippen molar-refractivity contribution in [3.63, 3.8) is 0 Å². The van der Waals surface area contributed by atoms with Gasteiger partial charge in [-0.15, -0.1) is 22.7 Å². The van der Waals surface area contributed by atoms with Gasteiger partial charge in [-0.3, -0.25) is 4.90 Å². The zero-order chi connectivity index (χ0) is 19.8. The number of aryl methyl sites for hydroxylation is 1. The van der Waals surface area contributed by atoms with Crippen LogP contribution in [-0.4, -0.2) is 46.0 Å². The normalized spacial score (nSPS) is 15.3. The number of nitrogens with zero attached hydrogens (tertiary/aromatic N) is 5. The molecular weight excluding hydrogens is 422 g/mol. The van der Waals surface area contributed by atoms with Crippen molar-refractivity contribution in [1.29, 1.82) is 0 Å². The summed E-state index contributed by atoms with van der Waals surface area (Å²) in [4.78, 5) is 19.8. The largest absolute Gasteiger partial charge is 0.353 e. The Morgan fingerprint density at radius 3 is 2.59 bits per heavy atom. The molecule has 0 amide bonds. The molecule has 0 N–H and O–H groups in total. The summed E-state index contributed by atoms with van der Waals surface area (Å²) in [5, 5.41) is 4.05. The lowest BCUT2D eigenvalue weighted by atomic mass is 10.2. The summed E-state index contributed by atoms with van der Waals surface area (Å²) in [6.45, 7) is 6.94. The van der Waals surface area contributed by atoms with Gasteiger partial charge in [-0.2, -0.15) is 0 Å². The highest BCUT2D eigenvalue weighted by Gasteiger charge is 2.22. The summed E-state index contributed by atoms with van der Waals surface area (Å²) in [6.07, 6.45) is 1.68. The van der Waals surface area contributed by atoms with E-state index in [1.807, 2.05) is 12.1 Å². The van der Waals surface area contributed by atoms with Gasteiger partial charge in [0.15, 0.2) is 0 Å². The van der Waals surface area contributed by atoms with Crippen molar-refractivity contribution in [2.24, 2.45) is 0 Å². The lowest BCUT2D eigenvalue weighted by Crippen LogP contribution is -2.46. The molecule has 4 aromatic rings. The molecule has 0 saturated carbocycles. The zero-order valence-corrected chi connectivity index (χ0v) is 18.4. The smallest absolute Gasteiger partial charge is 0.150 e. The zero-order valence-electron chi connectivity index (χ0n) is 16.0. The second-order valence-corrected chi connectivity index (χ2v) is 9.70. The van der Waals surface area contributed by atoms with Crippen LogP contribution >= 0.6 is 34.3 Å². The number of hydrogen-bond acceptors (Lipinski definition) is 7. The van der Waals surface area contributed by atoms with Gasteiger partial charge in [0.1, 0.15) is 12.1 Å². The molecule has 8 heteroatoms. The van der Waals surface area contributed by atoms with Gasteiger partial charge >= 0.3 is 0 Å². The molecule has 0 spiro atoms. The van der Waals surface area contributed by atoms with Gasteiger partial charge in [-0.1, -0.05) is 23.7 Å². The molecular formula is C21H20ClN5S2. The molecule has 1 aromatic carbocycles. The Balaban J connectivity index is 1.34. The summed E-state index contributed by atoms with van der Waals surface area (Å²) in [5.74, 6) is 1.05. The Morgan fingerprint density at radius 2 is 1.86 bits per heavy atom. The van der Waals surface area contributed by atoms with E-state index in [0.29, 0.717) is 0 Å². The molecule has 5 rings (SSSR count). The maximum Gasteiger partial charge on any atom is 0.150 e. The van der Waals surface area contributed by atoms with E-state index in [1.54, 1.807) is 29.0 Å². The van der Waals surface area contributed by atoms with Crippen molar-refractivity contribution < 1.29 is 0 Å². The Labute approximate surface area is 182 Å². The monoisotopic (exact) mass is 441 g/mol. The number of halogens is 1. The van der Waals surface area contributed by atoms with E-state index >= 15 is 0 Å². The van der Waals surface area contributed by atoms with E-state index in [2.05, 4.69) is 55.3 Å². The van der Waals surface area contributed by atoms with Gasteiger partial charge in [0.2, 0.25) is 0 Å². The number of hydrogen-bond donors (Lipinski definition) is 0. The van der Waals surface area contributed by atoms with E-state index in [0.717, 1.165) is 64.4 Å². The highest BCUT2D eigenvalue weighted by atomic mass is 35.5. The van der Waals surface area contributed by atoms with Gasteiger partial charge < -0.3 is 4.90 Å². The fourth-order valence-corrected chi connectivity index (χ4v) is 5.51. The van der Waals surface area contributed by atoms with Crippen LogP contribution in [0.5, 0.6) is 0 Å². The van der Waals surface area contributed by atoms with Crippen LogP contribution in [-0.2, 0) is 6.54 Å². The highest BCUT2D eigenvalue weighted by molar-refractivity contribution is 7.22. The molecule has 1 saturated heterocycles. The number of benzene rings is 1. The standard InChI is InChI=1S/C21H20ClN5S2/c1-14-25-17(12-28-14)11-26-6-8-27(9-7-26)21-20-18(23-13-24-21)10-19(29-20)15-2-4-16(22)5-3-15/h2-5,10,12-13H,6-9,11H2,1H3. The maximum absolute atomic E-state index is 6.04. The molecule has 29 heavy (non-hydrogen) atoms. The third-order valence-electron chi connectivity index (χ3n) is 5.15. The van der Waals surface area contributed by atoms with Crippen LogP contribution in [0.3, 0.4) is 0 Å². The molecule has 1 fully saturated rings. The van der Waals surface area contributed by atoms with E-state index in [-0.39, 0.29) is 0 Å². The van der Waals surface area contributed by atoms with Crippen LogP contribution < -0.4 is 4.90 Å². The molecule has 5 nitrogen and oxygen atoms in total. The summed E-state index contributed by atoms with van der Waals surface area (Å²) in [5.41, 5.74) is 3.34. The minimum atomic E-state index is 0.751. The minimum absolute atomic E-state index is 0.751. The van der Waals surface area contributed by atoms with Crippen molar-refractivity contribution >= 4 is 50.3 Å². The number of fused-ring (bicyclic) bond motifs is 1. The van der Waals surface area contributed by atoms with E-state index in [4.69, 9.17) is 11.6 Å². The molecule has 3 aromatic heterocycles. The van der Waals surface area contributed by atoms with Crippen molar-refractivity contribution in [1.82, 2.24) is 19.9 Å². The average Bonchev–Trinajstić information content (AvgIpc) is 3.35. The summed E-state index contributed by atoms with van der Waals surface area (Å²) >= 11 is 9.51. The lowest BCUT2D eigenvalue weighted by molar-refractivity contribution is 0.247. The highest BCUT2D eigenvalue weighted by Crippen LogP contribution is 2.37. The first-order valence-electron chi connectivity index (χ1n) is 9.54. The number of piperazine rings is 1. The topological polar surface area (TPSA) is 45.2 Å². The first-order chi connectivity index (χ1) is 14.2. The molecule has 148 valence electrons. The van der Waals surface area contributed by atoms with Crippen molar-refractivity contribution in [2.45, 2.75) is 13.5 Å². The maximum atomic E-state index is 6.04. The van der Waals surface area contributed by atoms with Crippen molar-refractivity contribution in [2.75, 3.05) is 31.1 Å². The molecule has 4 heterocycles. The van der Waals surface area contributed by atoms with E-state index < -0.39 is 0 Å². The molecule has 0 atom stereocenters. The summed E-state index contributed by atoms with van der Waals surface area (Å²) in [7, 11) is 0. The van der Waals surface area contributed by atoms with Gasteiger partial charge in [0, 0.05) is 48.0 Å². The van der Waals surface area contributed by atoms with Crippen LogP contribution in [0.15, 0.2) is 42.0 Å². The van der Waals surface area contributed by atoms with Crippen molar-refractivity contribution in [3.8, 4) is 10.4 Å². The van der Waals surface area contributed by atoms with Gasteiger partial charge in [-0.25, -0.2) is 15.0 Å². The fourth-order valence-electron chi connectivity index (χ4n) is 3.65. The van der Waals surface area contributed by atoms with Gasteiger partial charge in [-0.05, 0) is 30.7 Å². The van der Waals surface area contributed by atoms with Crippen LogP contribution in [0, 0.1) is 6.92 Å². The van der Waals surface area contributed by atoms with Crippen LogP contribution in [0.1, 0.15) is 10.7 Å². The van der Waals surface area contributed by atoms with Crippen LogP contribution in [0.4, 0.5) is 5.82 Å². The van der Waals surface area contributed by atoms with Crippen LogP contribution in [0.2, 0.25) is 5.02 Å². The molecule has 0 bridgehead atoms. The Kier molecular flexibility index (Phi) is 5.22. The quantitative estimate of drug-likeness (QED) is 0.441. The minimum Gasteiger partial charge on any atom is -0.353 e. The van der Waals surface area contributed by atoms with Crippen LogP contribution in [0.25, 0.3) is 20.7 Å². The summed E-state index contributed by atoms with van der Waals surface area (Å²) < 4.78 is 1.15. The van der Waals surface area contributed by atoms with Gasteiger partial charge in [0.25, 0.3) is 0 Å². The first kappa shape index (κ1) is 18.9. The fraction of sp³-hybridized carbons (Fsp3) is 0.286. The molecule has 1 aliphatic rings. The molecule has 0 radical (unpaired) electrons. The predicted octanol–water partition coefficient (Wildman–Crippen LogP) is 5.10. The summed E-state index contributed by atoms with van der Waals surface area (Å²) in [6, 6.07) is 10.1. The number of aromatic nitrogens is 3. The predicted molar refractivity (Wildman–Crippen MR) is 122 cm³/mol. The van der Waals surface area contributed by atoms with E-state index in [1.165, 1.54) is 10.6 Å². The average molecular weight is 442 g/mol. The Morgan fingerprint density at radius 1 is 1.07 bits per heavy atom. The second kappa shape index (κ2) is 7.99. The lowest BCUT2D eigenvalue weighted by Gasteiger charge is -2.35. The third-order valence-corrected chi connectivity index (χ3v) is 7.39. The Hall–Kier alpha value is -2.06. The third kappa shape index (κ3) is 4.00. The molecule has 0 aliphatic carbocycles. The number of rotatable bonds is 4.